The van der Waals surface area contributed by atoms with Gasteiger partial charge in [0.2, 0.25) is 0 Å². The van der Waals surface area contributed by atoms with Crippen LogP contribution in [-0.4, -0.2) is 43.9 Å². The van der Waals surface area contributed by atoms with Gasteiger partial charge in [-0.2, -0.15) is 18.7 Å². The molecular formula is C10H19F3N2O. The van der Waals surface area contributed by atoms with Crippen LogP contribution in [-0.2, 0) is 4.84 Å². The zero-order valence-electron chi connectivity index (χ0n) is 9.68. The monoisotopic (exact) mass is 240 g/mol. The predicted octanol–water partition coefficient (Wildman–Crippen LogP) is 1.80. The standard InChI is InChI=1S/C10H19F3N2O/c1-8(14-16-7-10(11,12)13)9-4-3-5-15(2)6-9/h8-9,14H,3-7H2,1-2H3. The summed E-state index contributed by atoms with van der Waals surface area (Å²) in [5.74, 6) is 0.354. The van der Waals surface area contributed by atoms with Crippen LogP contribution >= 0.6 is 0 Å². The molecule has 0 aromatic carbocycles. The average molecular weight is 240 g/mol. The number of rotatable bonds is 4. The maximum atomic E-state index is 11.8. The van der Waals surface area contributed by atoms with Crippen molar-refractivity contribution in [2.75, 3.05) is 26.7 Å². The molecule has 3 nitrogen and oxygen atoms in total. The first-order chi connectivity index (χ1) is 7.38. The first kappa shape index (κ1) is 13.7. The van der Waals surface area contributed by atoms with Crippen LogP contribution in [0.4, 0.5) is 13.2 Å². The van der Waals surface area contributed by atoms with Crippen LogP contribution in [0.3, 0.4) is 0 Å². The Hall–Kier alpha value is -0.330. The van der Waals surface area contributed by atoms with E-state index in [1.165, 1.54) is 0 Å². The summed E-state index contributed by atoms with van der Waals surface area (Å²) in [5.41, 5.74) is 2.48. The molecule has 1 rings (SSSR count). The molecule has 96 valence electrons. The van der Waals surface area contributed by atoms with E-state index in [0.29, 0.717) is 5.92 Å². The third kappa shape index (κ3) is 5.14. The molecule has 0 radical (unpaired) electrons. The Bertz CT molecular complexity index is 211. The van der Waals surface area contributed by atoms with Gasteiger partial charge in [-0.1, -0.05) is 0 Å². The van der Waals surface area contributed by atoms with Gasteiger partial charge in [-0.3, -0.25) is 4.84 Å². The molecule has 1 aliphatic rings. The SMILES string of the molecule is CC(NOCC(F)(F)F)C1CCCN(C)C1. The molecular weight excluding hydrogens is 221 g/mol. The lowest BCUT2D eigenvalue weighted by Gasteiger charge is -2.33. The zero-order chi connectivity index (χ0) is 12.2. The van der Waals surface area contributed by atoms with Gasteiger partial charge < -0.3 is 4.90 Å². The van der Waals surface area contributed by atoms with Crippen LogP contribution in [0.2, 0.25) is 0 Å². The van der Waals surface area contributed by atoms with Gasteiger partial charge in [0.05, 0.1) is 0 Å². The maximum Gasteiger partial charge on any atom is 0.413 e. The van der Waals surface area contributed by atoms with Crippen molar-refractivity contribution in [1.82, 2.24) is 10.4 Å². The van der Waals surface area contributed by atoms with Crippen molar-refractivity contribution in [3.05, 3.63) is 0 Å². The molecule has 0 aromatic heterocycles. The molecule has 0 bridgehead atoms. The van der Waals surface area contributed by atoms with E-state index in [1.54, 1.807) is 0 Å². The van der Waals surface area contributed by atoms with Gasteiger partial charge in [-0.15, -0.1) is 0 Å². The molecule has 1 saturated heterocycles. The van der Waals surface area contributed by atoms with E-state index in [2.05, 4.69) is 15.2 Å². The van der Waals surface area contributed by atoms with Crippen molar-refractivity contribution in [1.29, 1.82) is 0 Å². The van der Waals surface area contributed by atoms with Crippen molar-refractivity contribution in [3.63, 3.8) is 0 Å². The summed E-state index contributed by atoms with van der Waals surface area (Å²) in [6.07, 6.45) is -2.14. The Labute approximate surface area is 93.9 Å². The van der Waals surface area contributed by atoms with Gasteiger partial charge in [0.1, 0.15) is 0 Å². The largest absolute Gasteiger partial charge is 0.413 e. The summed E-state index contributed by atoms with van der Waals surface area (Å²) < 4.78 is 35.5. The Kier molecular flexibility index (Phi) is 5.01. The molecule has 0 aliphatic carbocycles. The zero-order valence-corrected chi connectivity index (χ0v) is 9.68. The number of hydroxylamine groups is 1. The lowest BCUT2D eigenvalue weighted by Crippen LogP contribution is -2.43. The highest BCUT2D eigenvalue weighted by Crippen LogP contribution is 2.19. The van der Waals surface area contributed by atoms with E-state index >= 15 is 0 Å². The Morgan fingerprint density at radius 1 is 1.50 bits per heavy atom. The first-order valence-corrected chi connectivity index (χ1v) is 5.51. The second-order valence-electron chi connectivity index (χ2n) is 4.47. The normalized spacial score (nSPS) is 25.7. The molecule has 16 heavy (non-hydrogen) atoms. The minimum atomic E-state index is -4.27. The molecule has 2 atom stereocenters. The molecule has 2 unspecified atom stereocenters. The number of piperidine rings is 1. The van der Waals surface area contributed by atoms with Crippen LogP contribution < -0.4 is 5.48 Å². The molecule has 6 heteroatoms. The van der Waals surface area contributed by atoms with E-state index < -0.39 is 12.8 Å². The second-order valence-corrected chi connectivity index (χ2v) is 4.47. The minimum Gasteiger partial charge on any atom is -0.306 e. The molecule has 1 fully saturated rings. The maximum absolute atomic E-state index is 11.8. The first-order valence-electron chi connectivity index (χ1n) is 5.51. The van der Waals surface area contributed by atoms with Crippen LogP contribution in [0, 0.1) is 5.92 Å². The number of nitrogens with zero attached hydrogens (tertiary/aromatic N) is 1. The van der Waals surface area contributed by atoms with Gasteiger partial charge in [0, 0.05) is 12.6 Å². The van der Waals surface area contributed by atoms with Crippen molar-refractivity contribution < 1.29 is 18.0 Å². The van der Waals surface area contributed by atoms with Gasteiger partial charge in [-0.05, 0) is 39.3 Å². The number of nitrogens with one attached hydrogen (secondary N) is 1. The number of hydrogen-bond donors (Lipinski definition) is 1. The van der Waals surface area contributed by atoms with E-state index in [4.69, 9.17) is 0 Å². The smallest absolute Gasteiger partial charge is 0.306 e. The van der Waals surface area contributed by atoms with Crippen LogP contribution in [0.5, 0.6) is 0 Å². The number of likely N-dealkylation sites (tertiary alicyclic amines) is 1. The number of hydrogen-bond acceptors (Lipinski definition) is 3. The van der Waals surface area contributed by atoms with E-state index in [9.17, 15) is 13.2 Å². The highest BCUT2D eigenvalue weighted by Gasteiger charge is 2.29. The fourth-order valence-corrected chi connectivity index (χ4v) is 1.97. The van der Waals surface area contributed by atoms with Crippen molar-refractivity contribution in [2.24, 2.45) is 5.92 Å². The Morgan fingerprint density at radius 3 is 2.75 bits per heavy atom. The van der Waals surface area contributed by atoms with Crippen molar-refractivity contribution in [3.8, 4) is 0 Å². The predicted molar refractivity (Wildman–Crippen MR) is 54.8 cm³/mol. The average Bonchev–Trinajstić information content (AvgIpc) is 2.15. The molecule has 0 spiro atoms. The van der Waals surface area contributed by atoms with Crippen molar-refractivity contribution in [2.45, 2.75) is 32.0 Å². The van der Waals surface area contributed by atoms with E-state index in [0.717, 1.165) is 25.9 Å². The molecule has 0 saturated carbocycles. The summed E-state index contributed by atoms with van der Waals surface area (Å²) in [7, 11) is 2.02. The highest BCUT2D eigenvalue weighted by molar-refractivity contribution is 4.77. The lowest BCUT2D eigenvalue weighted by atomic mass is 9.92. The van der Waals surface area contributed by atoms with Crippen molar-refractivity contribution >= 4 is 0 Å². The van der Waals surface area contributed by atoms with Gasteiger partial charge in [0.25, 0.3) is 0 Å². The lowest BCUT2D eigenvalue weighted by molar-refractivity contribution is -0.194. The quantitative estimate of drug-likeness (QED) is 0.758. The molecule has 0 aromatic rings. The van der Waals surface area contributed by atoms with E-state index in [1.807, 2.05) is 14.0 Å². The fraction of sp³-hybridized carbons (Fsp3) is 1.00. The molecule has 1 aliphatic heterocycles. The fourth-order valence-electron chi connectivity index (χ4n) is 1.97. The number of halogens is 3. The Balaban J connectivity index is 2.21. The minimum absolute atomic E-state index is 0.0508. The van der Waals surface area contributed by atoms with Crippen LogP contribution in [0.15, 0.2) is 0 Å². The summed E-state index contributed by atoms with van der Waals surface area (Å²) in [4.78, 5) is 6.65. The summed E-state index contributed by atoms with van der Waals surface area (Å²) in [5, 5.41) is 0. The van der Waals surface area contributed by atoms with Gasteiger partial charge >= 0.3 is 6.18 Å². The topological polar surface area (TPSA) is 24.5 Å². The Morgan fingerprint density at radius 2 is 2.19 bits per heavy atom. The molecule has 1 N–H and O–H groups in total. The van der Waals surface area contributed by atoms with Gasteiger partial charge in [0.15, 0.2) is 6.61 Å². The summed E-state index contributed by atoms with van der Waals surface area (Å²) in [6, 6.07) is -0.0508. The summed E-state index contributed by atoms with van der Waals surface area (Å²) in [6.45, 7) is 2.59. The van der Waals surface area contributed by atoms with Gasteiger partial charge in [-0.25, -0.2) is 0 Å². The van der Waals surface area contributed by atoms with E-state index in [-0.39, 0.29) is 6.04 Å². The second kappa shape index (κ2) is 5.84. The molecule has 0 amide bonds. The van der Waals surface area contributed by atoms with Crippen LogP contribution in [0.1, 0.15) is 19.8 Å². The summed E-state index contributed by atoms with van der Waals surface area (Å²) >= 11 is 0. The third-order valence-electron chi connectivity index (χ3n) is 2.87. The third-order valence-corrected chi connectivity index (χ3v) is 2.87. The molecule has 1 heterocycles. The number of alkyl halides is 3. The van der Waals surface area contributed by atoms with Crippen LogP contribution in [0.25, 0.3) is 0 Å². The highest BCUT2D eigenvalue weighted by atomic mass is 19.4.